The molecule has 2 rings (SSSR count). The highest BCUT2D eigenvalue weighted by Crippen LogP contribution is 2.26. The molecule has 2 aromatic rings. The zero-order valence-corrected chi connectivity index (χ0v) is 13.8. The molecule has 1 N–H and O–H groups in total. The molecule has 0 saturated carbocycles. The third-order valence-electron chi connectivity index (χ3n) is 2.86. The molecule has 0 saturated heterocycles. The molecule has 0 aliphatic carbocycles. The predicted octanol–water partition coefficient (Wildman–Crippen LogP) is 1.54. The highest BCUT2D eigenvalue weighted by atomic mass is 32.2. The van der Waals surface area contributed by atoms with E-state index < -0.39 is 5.97 Å². The SMILES string of the molecule is CCCc1nc(S/C(=C\c2cccc(OCC#N)c2)C(=O)[O-])n[nH]1. The van der Waals surface area contributed by atoms with Gasteiger partial charge in [-0.05, 0) is 42.0 Å². The zero-order chi connectivity index (χ0) is 17.4. The fourth-order valence-electron chi connectivity index (χ4n) is 1.86. The number of carbonyl (C=O) groups excluding carboxylic acids is 1. The number of nitriles is 1. The number of aliphatic carboxylic acids is 1. The van der Waals surface area contributed by atoms with Gasteiger partial charge in [-0.2, -0.15) is 5.26 Å². The lowest BCUT2D eigenvalue weighted by Crippen LogP contribution is -2.23. The van der Waals surface area contributed by atoms with Crippen LogP contribution in [0.5, 0.6) is 5.75 Å². The zero-order valence-electron chi connectivity index (χ0n) is 13.0. The van der Waals surface area contributed by atoms with Crippen molar-refractivity contribution in [2.75, 3.05) is 6.61 Å². The van der Waals surface area contributed by atoms with Crippen LogP contribution in [0.15, 0.2) is 34.3 Å². The molecule has 0 radical (unpaired) electrons. The topological polar surface area (TPSA) is 115 Å². The minimum absolute atomic E-state index is 0.0190. The number of hydrogen-bond donors (Lipinski definition) is 1. The van der Waals surface area contributed by atoms with Crippen LogP contribution in [-0.2, 0) is 11.2 Å². The van der Waals surface area contributed by atoms with Crippen molar-refractivity contribution in [3.05, 3.63) is 40.6 Å². The van der Waals surface area contributed by atoms with Gasteiger partial charge in [-0.15, -0.1) is 5.10 Å². The average molecular weight is 343 g/mol. The predicted molar refractivity (Wildman–Crippen MR) is 86.8 cm³/mol. The Morgan fingerprint density at radius 1 is 1.54 bits per heavy atom. The Hall–Kier alpha value is -2.79. The van der Waals surface area contributed by atoms with Crippen LogP contribution < -0.4 is 9.84 Å². The molecule has 0 fully saturated rings. The molecule has 1 heterocycles. The summed E-state index contributed by atoms with van der Waals surface area (Å²) in [6, 6.07) is 8.64. The lowest BCUT2D eigenvalue weighted by Gasteiger charge is -2.07. The number of nitrogens with one attached hydrogen (secondary N) is 1. The van der Waals surface area contributed by atoms with E-state index in [0.717, 1.165) is 24.6 Å². The number of H-pyrrole nitrogens is 1. The molecule has 1 aromatic heterocycles. The Labute approximate surface area is 143 Å². The van der Waals surface area contributed by atoms with Crippen molar-refractivity contribution in [1.29, 1.82) is 5.26 Å². The summed E-state index contributed by atoms with van der Waals surface area (Å²) in [6.07, 6.45) is 3.11. The van der Waals surface area contributed by atoms with Crippen LogP contribution >= 0.6 is 11.8 Å². The number of aromatic nitrogens is 3. The number of nitrogens with zero attached hydrogens (tertiary/aromatic N) is 3. The number of benzene rings is 1. The summed E-state index contributed by atoms with van der Waals surface area (Å²) in [4.78, 5) is 15.6. The number of carboxylic acids is 1. The minimum Gasteiger partial charge on any atom is -0.544 e. The molecule has 24 heavy (non-hydrogen) atoms. The Morgan fingerprint density at radius 3 is 3.08 bits per heavy atom. The van der Waals surface area contributed by atoms with Gasteiger partial charge in [0.25, 0.3) is 0 Å². The summed E-state index contributed by atoms with van der Waals surface area (Å²) in [5.41, 5.74) is 0.612. The summed E-state index contributed by atoms with van der Waals surface area (Å²) in [6.45, 7) is 1.94. The highest BCUT2D eigenvalue weighted by molar-refractivity contribution is 8.04. The summed E-state index contributed by atoms with van der Waals surface area (Å²) in [5.74, 6) is -0.120. The van der Waals surface area contributed by atoms with Crippen molar-refractivity contribution in [2.45, 2.75) is 24.9 Å². The molecule has 0 spiro atoms. The van der Waals surface area contributed by atoms with Gasteiger partial charge < -0.3 is 14.6 Å². The van der Waals surface area contributed by atoms with E-state index in [1.54, 1.807) is 24.3 Å². The molecule has 124 valence electrons. The molecule has 8 heteroatoms. The van der Waals surface area contributed by atoms with Gasteiger partial charge in [0.05, 0.1) is 5.97 Å². The number of hydrogen-bond acceptors (Lipinski definition) is 7. The lowest BCUT2D eigenvalue weighted by molar-refractivity contribution is -0.297. The first-order chi connectivity index (χ1) is 11.6. The quantitative estimate of drug-likeness (QED) is 0.571. The molecule has 1 aromatic carbocycles. The fourth-order valence-corrected chi connectivity index (χ4v) is 2.58. The van der Waals surface area contributed by atoms with E-state index in [-0.39, 0.29) is 11.5 Å². The van der Waals surface area contributed by atoms with E-state index in [4.69, 9.17) is 10.00 Å². The smallest absolute Gasteiger partial charge is 0.213 e. The van der Waals surface area contributed by atoms with Crippen LogP contribution in [-0.4, -0.2) is 27.8 Å². The maximum atomic E-state index is 11.4. The number of rotatable bonds is 8. The number of aryl methyl sites for hydroxylation is 1. The van der Waals surface area contributed by atoms with Crippen LogP contribution in [0.3, 0.4) is 0 Å². The summed E-state index contributed by atoms with van der Waals surface area (Å²) < 4.78 is 5.20. The van der Waals surface area contributed by atoms with Crippen molar-refractivity contribution in [2.24, 2.45) is 0 Å². The number of aromatic amines is 1. The molecular formula is C16H15N4O3S-. The van der Waals surface area contributed by atoms with Crippen LogP contribution in [0.1, 0.15) is 24.7 Å². The van der Waals surface area contributed by atoms with Crippen molar-refractivity contribution in [3.63, 3.8) is 0 Å². The van der Waals surface area contributed by atoms with Crippen LogP contribution in [0.2, 0.25) is 0 Å². The first kappa shape index (κ1) is 17.6. The Balaban J connectivity index is 2.18. The van der Waals surface area contributed by atoms with Crippen LogP contribution in [0.4, 0.5) is 0 Å². The molecule has 0 unspecified atom stereocenters. The molecule has 0 aliphatic rings. The summed E-state index contributed by atoms with van der Waals surface area (Å²) in [7, 11) is 0. The number of carbonyl (C=O) groups is 1. The van der Waals surface area contributed by atoms with Gasteiger partial charge in [-0.1, -0.05) is 19.1 Å². The third kappa shape index (κ3) is 5.14. The van der Waals surface area contributed by atoms with Gasteiger partial charge in [-0.3, -0.25) is 5.10 Å². The van der Waals surface area contributed by atoms with E-state index in [0.29, 0.717) is 22.3 Å². The van der Waals surface area contributed by atoms with E-state index >= 15 is 0 Å². The molecular weight excluding hydrogens is 328 g/mol. The molecule has 7 nitrogen and oxygen atoms in total. The van der Waals surface area contributed by atoms with Gasteiger partial charge in [0.1, 0.15) is 17.6 Å². The third-order valence-corrected chi connectivity index (χ3v) is 3.73. The fraction of sp³-hybridized carbons (Fsp3) is 0.250. The first-order valence-electron chi connectivity index (χ1n) is 7.24. The van der Waals surface area contributed by atoms with Crippen LogP contribution in [0.25, 0.3) is 6.08 Å². The van der Waals surface area contributed by atoms with E-state index in [1.165, 1.54) is 6.08 Å². The van der Waals surface area contributed by atoms with Gasteiger partial charge in [0.2, 0.25) is 5.16 Å². The maximum Gasteiger partial charge on any atom is 0.213 e. The molecule has 0 bridgehead atoms. The largest absolute Gasteiger partial charge is 0.544 e. The highest BCUT2D eigenvalue weighted by Gasteiger charge is 2.08. The van der Waals surface area contributed by atoms with Crippen molar-refractivity contribution < 1.29 is 14.6 Å². The number of carboxylic acid groups (broad SMARTS) is 1. The summed E-state index contributed by atoms with van der Waals surface area (Å²) >= 11 is 0.914. The standard InChI is InChI=1S/C16H16N4O3S/c1-2-4-14-18-16(20-19-14)24-13(15(21)22)10-11-5-3-6-12(9-11)23-8-7-17/h3,5-6,9-10H,2,4,8H2,1H3,(H,21,22)(H,18,19,20)/p-1/b13-10-. The van der Waals surface area contributed by atoms with Crippen molar-refractivity contribution in [3.8, 4) is 11.8 Å². The van der Waals surface area contributed by atoms with E-state index in [9.17, 15) is 9.90 Å². The average Bonchev–Trinajstić information content (AvgIpc) is 3.00. The van der Waals surface area contributed by atoms with E-state index in [2.05, 4.69) is 15.2 Å². The Kier molecular flexibility index (Phi) is 6.40. The second kappa shape index (κ2) is 8.74. The van der Waals surface area contributed by atoms with Gasteiger partial charge in [0.15, 0.2) is 6.61 Å². The molecule has 0 aliphatic heterocycles. The normalized spacial score (nSPS) is 11.1. The van der Waals surface area contributed by atoms with Gasteiger partial charge in [0, 0.05) is 11.3 Å². The first-order valence-corrected chi connectivity index (χ1v) is 8.06. The molecule has 0 amide bonds. The second-order valence-corrected chi connectivity index (χ2v) is 5.74. The Bertz CT molecular complexity index is 780. The van der Waals surface area contributed by atoms with Gasteiger partial charge >= 0.3 is 0 Å². The lowest BCUT2D eigenvalue weighted by atomic mass is 10.2. The van der Waals surface area contributed by atoms with Crippen LogP contribution in [0, 0.1) is 11.3 Å². The van der Waals surface area contributed by atoms with Crippen molar-refractivity contribution in [1.82, 2.24) is 15.2 Å². The van der Waals surface area contributed by atoms with E-state index in [1.807, 2.05) is 13.0 Å². The van der Waals surface area contributed by atoms with Gasteiger partial charge in [-0.25, -0.2) is 4.98 Å². The number of thioether (sulfide) groups is 1. The minimum atomic E-state index is -1.31. The van der Waals surface area contributed by atoms with Crippen molar-refractivity contribution >= 4 is 23.8 Å². The maximum absolute atomic E-state index is 11.4. The molecule has 0 atom stereocenters. The number of ether oxygens (including phenoxy) is 1. The monoisotopic (exact) mass is 343 g/mol. The Morgan fingerprint density at radius 2 is 2.38 bits per heavy atom. The summed E-state index contributed by atoms with van der Waals surface area (Å²) in [5, 5.41) is 27.0. The second-order valence-electron chi connectivity index (χ2n) is 4.73.